The van der Waals surface area contributed by atoms with E-state index in [2.05, 4.69) is 21.8 Å². The van der Waals surface area contributed by atoms with Crippen LogP contribution in [0.2, 0.25) is 0 Å². The van der Waals surface area contributed by atoms with E-state index in [9.17, 15) is 15.3 Å². The highest BCUT2D eigenvalue weighted by Crippen LogP contribution is 2.31. The van der Waals surface area contributed by atoms with Crippen LogP contribution in [0.3, 0.4) is 0 Å². The first-order chi connectivity index (χ1) is 12.7. The number of hydrogen-bond acceptors (Lipinski definition) is 6. The fourth-order valence-corrected chi connectivity index (χ4v) is 2.99. The summed E-state index contributed by atoms with van der Waals surface area (Å²) in [5, 5.41) is 29.4. The average molecular weight is 351 g/mol. The Labute approximate surface area is 149 Å². The molecule has 26 heavy (non-hydrogen) atoms. The largest absolute Gasteiger partial charge is 0.394 e. The second-order valence-corrected chi connectivity index (χ2v) is 6.03. The number of rotatable bonds is 2. The lowest BCUT2D eigenvalue weighted by molar-refractivity contribution is -0.0511. The second kappa shape index (κ2) is 6.86. The van der Waals surface area contributed by atoms with E-state index in [0.717, 1.165) is 5.56 Å². The van der Waals surface area contributed by atoms with E-state index in [1.54, 1.807) is 16.8 Å². The van der Waals surface area contributed by atoms with Gasteiger partial charge in [0.2, 0.25) is 0 Å². The van der Waals surface area contributed by atoms with Crippen molar-refractivity contribution in [1.29, 1.82) is 0 Å². The third-order valence-electron chi connectivity index (χ3n) is 4.37. The van der Waals surface area contributed by atoms with Gasteiger partial charge in [0.25, 0.3) is 0 Å². The first-order valence-electron chi connectivity index (χ1n) is 8.20. The van der Waals surface area contributed by atoms with E-state index >= 15 is 0 Å². The topological polar surface area (TPSA) is 101 Å². The van der Waals surface area contributed by atoms with Crippen LogP contribution < -0.4 is 0 Å². The first kappa shape index (κ1) is 16.7. The molecule has 7 heteroatoms. The van der Waals surface area contributed by atoms with Crippen LogP contribution in [0.1, 0.15) is 17.4 Å². The molecule has 4 rings (SSSR count). The Morgan fingerprint density at radius 3 is 2.58 bits per heavy atom. The van der Waals surface area contributed by atoms with Crippen molar-refractivity contribution in [2.24, 2.45) is 0 Å². The van der Waals surface area contributed by atoms with Gasteiger partial charge in [-0.2, -0.15) is 0 Å². The lowest BCUT2D eigenvalue weighted by atomic mass is 10.1. The molecule has 0 unspecified atom stereocenters. The third kappa shape index (κ3) is 2.85. The normalized spacial score (nSPS) is 25.2. The van der Waals surface area contributed by atoms with Gasteiger partial charge in [0.1, 0.15) is 23.8 Å². The number of ether oxygens (including phenoxy) is 1. The molecule has 0 radical (unpaired) electrons. The lowest BCUT2D eigenvalue weighted by Gasteiger charge is -2.16. The van der Waals surface area contributed by atoms with Crippen LogP contribution in [0.15, 0.2) is 48.9 Å². The van der Waals surface area contributed by atoms with Crippen molar-refractivity contribution >= 4 is 11.2 Å². The molecule has 4 atom stereocenters. The summed E-state index contributed by atoms with van der Waals surface area (Å²) in [4.78, 5) is 8.66. The van der Waals surface area contributed by atoms with Gasteiger partial charge in [0, 0.05) is 11.8 Å². The molecule has 0 bridgehead atoms. The lowest BCUT2D eigenvalue weighted by Crippen LogP contribution is -2.33. The zero-order chi connectivity index (χ0) is 18.1. The van der Waals surface area contributed by atoms with E-state index in [-0.39, 0.29) is 6.61 Å². The molecule has 7 nitrogen and oxygen atoms in total. The Morgan fingerprint density at radius 2 is 1.85 bits per heavy atom. The molecule has 1 aromatic carbocycles. The van der Waals surface area contributed by atoms with Crippen molar-refractivity contribution in [3.63, 3.8) is 0 Å². The summed E-state index contributed by atoms with van der Waals surface area (Å²) in [7, 11) is 0. The van der Waals surface area contributed by atoms with Gasteiger partial charge < -0.3 is 20.1 Å². The van der Waals surface area contributed by atoms with Gasteiger partial charge in [-0.15, -0.1) is 0 Å². The van der Waals surface area contributed by atoms with E-state index in [0.29, 0.717) is 16.7 Å². The number of pyridine rings is 1. The summed E-state index contributed by atoms with van der Waals surface area (Å²) in [6.45, 7) is -0.386. The van der Waals surface area contributed by atoms with Gasteiger partial charge in [-0.3, -0.25) is 4.57 Å². The van der Waals surface area contributed by atoms with Crippen molar-refractivity contribution in [2.75, 3.05) is 6.61 Å². The minimum atomic E-state index is -1.19. The molecule has 3 N–H and O–H groups in total. The SMILES string of the molecule is OC[C@H]1O[C@@H](n2cnc3c(C#Cc4ccccc4)ccnc32)[C@H](O)[C@@H]1O. The Balaban J connectivity index is 1.71. The van der Waals surface area contributed by atoms with E-state index in [1.807, 2.05) is 30.3 Å². The zero-order valence-corrected chi connectivity index (χ0v) is 13.7. The molecule has 0 spiro atoms. The van der Waals surface area contributed by atoms with Crippen molar-refractivity contribution in [3.05, 3.63) is 60.0 Å². The van der Waals surface area contributed by atoms with Crippen LogP contribution in [0.25, 0.3) is 11.2 Å². The number of fused-ring (bicyclic) bond motifs is 1. The molecular weight excluding hydrogens is 334 g/mol. The molecular formula is C19H17N3O4. The van der Waals surface area contributed by atoms with Crippen molar-refractivity contribution in [3.8, 4) is 11.8 Å². The monoisotopic (exact) mass is 351 g/mol. The van der Waals surface area contributed by atoms with Crippen molar-refractivity contribution in [1.82, 2.24) is 14.5 Å². The van der Waals surface area contributed by atoms with E-state index in [1.165, 1.54) is 6.33 Å². The fraction of sp³-hybridized carbons (Fsp3) is 0.263. The highest BCUT2D eigenvalue weighted by Gasteiger charge is 2.43. The van der Waals surface area contributed by atoms with Gasteiger partial charge in [-0.25, -0.2) is 9.97 Å². The third-order valence-corrected chi connectivity index (χ3v) is 4.37. The number of nitrogens with zero attached hydrogens (tertiary/aromatic N) is 3. The molecule has 0 saturated carbocycles. The molecule has 0 amide bonds. The van der Waals surface area contributed by atoms with Gasteiger partial charge in [-0.05, 0) is 18.2 Å². The Bertz CT molecular complexity index is 977. The Morgan fingerprint density at radius 1 is 1.04 bits per heavy atom. The number of imidazole rings is 1. The maximum absolute atomic E-state index is 10.2. The Kier molecular flexibility index (Phi) is 4.41. The summed E-state index contributed by atoms with van der Waals surface area (Å²) in [6.07, 6.45) is -0.998. The highest BCUT2D eigenvalue weighted by molar-refractivity contribution is 5.78. The van der Waals surface area contributed by atoms with Crippen LogP contribution >= 0.6 is 0 Å². The smallest absolute Gasteiger partial charge is 0.165 e. The second-order valence-electron chi connectivity index (χ2n) is 6.03. The quantitative estimate of drug-likeness (QED) is 0.580. The van der Waals surface area contributed by atoms with Crippen LogP contribution in [-0.4, -0.2) is 54.8 Å². The predicted molar refractivity (Wildman–Crippen MR) is 93.0 cm³/mol. The van der Waals surface area contributed by atoms with Crippen molar-refractivity contribution < 1.29 is 20.1 Å². The van der Waals surface area contributed by atoms with E-state index in [4.69, 9.17) is 4.74 Å². The van der Waals surface area contributed by atoms with Gasteiger partial charge in [0.15, 0.2) is 11.9 Å². The molecule has 1 aliphatic heterocycles. The average Bonchev–Trinajstić information content (AvgIpc) is 3.23. The van der Waals surface area contributed by atoms with Gasteiger partial charge in [0.05, 0.1) is 18.5 Å². The summed E-state index contributed by atoms with van der Waals surface area (Å²) in [5.74, 6) is 6.17. The number of aliphatic hydroxyl groups is 3. The number of hydrogen-bond donors (Lipinski definition) is 3. The Hall–Kier alpha value is -2.76. The number of aromatic nitrogens is 3. The summed E-state index contributed by atoms with van der Waals surface area (Å²) in [5.41, 5.74) is 2.65. The minimum absolute atomic E-state index is 0.386. The first-order valence-corrected chi connectivity index (χ1v) is 8.20. The molecule has 3 heterocycles. The molecule has 132 valence electrons. The standard InChI is InChI=1S/C19H17N3O4/c23-10-14-16(24)17(25)19(26-14)22-11-21-15-13(8-9-20-18(15)22)7-6-12-4-2-1-3-5-12/h1-5,8-9,11,14,16-17,19,23-25H,10H2/t14-,16-,17-,19-/m1/s1. The van der Waals surface area contributed by atoms with Crippen LogP contribution in [0, 0.1) is 11.8 Å². The van der Waals surface area contributed by atoms with Crippen LogP contribution in [0.4, 0.5) is 0 Å². The number of benzene rings is 1. The summed E-state index contributed by atoms with van der Waals surface area (Å²) < 4.78 is 7.10. The fourth-order valence-electron chi connectivity index (χ4n) is 2.99. The maximum atomic E-state index is 10.2. The highest BCUT2D eigenvalue weighted by atomic mass is 16.6. The molecule has 0 aliphatic carbocycles. The van der Waals surface area contributed by atoms with Gasteiger partial charge in [-0.1, -0.05) is 30.0 Å². The number of aliphatic hydroxyl groups excluding tert-OH is 3. The van der Waals surface area contributed by atoms with Crippen LogP contribution in [0.5, 0.6) is 0 Å². The molecule has 1 saturated heterocycles. The zero-order valence-electron chi connectivity index (χ0n) is 13.7. The van der Waals surface area contributed by atoms with Gasteiger partial charge >= 0.3 is 0 Å². The van der Waals surface area contributed by atoms with Crippen LogP contribution in [-0.2, 0) is 4.74 Å². The predicted octanol–water partition coefficient (Wildman–Crippen LogP) is 0.443. The minimum Gasteiger partial charge on any atom is -0.394 e. The molecule has 3 aromatic rings. The van der Waals surface area contributed by atoms with Crippen molar-refractivity contribution in [2.45, 2.75) is 24.5 Å². The molecule has 1 fully saturated rings. The summed E-state index contributed by atoms with van der Waals surface area (Å²) in [6, 6.07) is 11.4. The maximum Gasteiger partial charge on any atom is 0.165 e. The molecule has 1 aliphatic rings. The van der Waals surface area contributed by atoms with E-state index < -0.39 is 24.5 Å². The molecule has 2 aromatic heterocycles. The summed E-state index contributed by atoms with van der Waals surface area (Å²) >= 11 is 0.